The largest absolute Gasteiger partial charge is 0.376 e. The van der Waals surface area contributed by atoms with E-state index in [-0.39, 0.29) is 12.5 Å². The standard InChI is InChI=1S/C17H18N6O/c18-12-14-3-1-4-15(11-14)21-13-16(24)22-7-9-23(10-8-22)17-19-5-2-6-20-17/h1-6,11,21H,7-10,13H2. The Labute approximate surface area is 140 Å². The van der Waals surface area contributed by atoms with Crippen LogP contribution in [0.4, 0.5) is 11.6 Å². The average Bonchev–Trinajstić information content (AvgIpc) is 2.67. The molecule has 1 aromatic carbocycles. The number of piperazine rings is 1. The van der Waals surface area contributed by atoms with Crippen molar-refractivity contribution in [1.82, 2.24) is 14.9 Å². The summed E-state index contributed by atoms with van der Waals surface area (Å²) < 4.78 is 0. The van der Waals surface area contributed by atoms with Crippen LogP contribution in [-0.2, 0) is 4.79 Å². The molecule has 1 amide bonds. The molecule has 1 saturated heterocycles. The molecule has 1 N–H and O–H groups in total. The van der Waals surface area contributed by atoms with Gasteiger partial charge in [-0.2, -0.15) is 5.26 Å². The van der Waals surface area contributed by atoms with E-state index in [4.69, 9.17) is 5.26 Å². The third kappa shape index (κ3) is 3.79. The topological polar surface area (TPSA) is 85.2 Å². The third-order valence-electron chi connectivity index (χ3n) is 3.90. The third-order valence-corrected chi connectivity index (χ3v) is 3.90. The molecule has 0 atom stereocenters. The maximum Gasteiger partial charge on any atom is 0.241 e. The van der Waals surface area contributed by atoms with E-state index in [1.165, 1.54) is 0 Å². The summed E-state index contributed by atoms with van der Waals surface area (Å²) in [5.74, 6) is 0.752. The first-order chi connectivity index (χ1) is 11.8. The van der Waals surface area contributed by atoms with Gasteiger partial charge in [-0.1, -0.05) is 6.07 Å². The summed E-state index contributed by atoms with van der Waals surface area (Å²) >= 11 is 0. The molecular weight excluding hydrogens is 304 g/mol. The average molecular weight is 322 g/mol. The first-order valence-corrected chi connectivity index (χ1v) is 7.80. The van der Waals surface area contributed by atoms with E-state index in [0.717, 1.165) is 18.8 Å². The molecule has 1 aliphatic rings. The maximum atomic E-state index is 12.3. The molecule has 1 fully saturated rings. The van der Waals surface area contributed by atoms with Gasteiger partial charge >= 0.3 is 0 Å². The second-order valence-corrected chi connectivity index (χ2v) is 5.46. The monoisotopic (exact) mass is 322 g/mol. The minimum Gasteiger partial charge on any atom is -0.376 e. The number of nitrogens with one attached hydrogen (secondary N) is 1. The van der Waals surface area contributed by atoms with Crippen LogP contribution >= 0.6 is 0 Å². The molecule has 3 rings (SSSR count). The Balaban J connectivity index is 1.49. The zero-order valence-electron chi connectivity index (χ0n) is 13.2. The van der Waals surface area contributed by atoms with Crippen molar-refractivity contribution < 1.29 is 4.79 Å². The molecule has 7 nitrogen and oxygen atoms in total. The molecule has 1 aromatic heterocycles. The van der Waals surface area contributed by atoms with E-state index in [2.05, 4.69) is 26.3 Å². The molecule has 0 radical (unpaired) electrons. The SMILES string of the molecule is N#Cc1cccc(NCC(=O)N2CCN(c3ncccn3)CC2)c1. The summed E-state index contributed by atoms with van der Waals surface area (Å²) in [7, 11) is 0. The highest BCUT2D eigenvalue weighted by molar-refractivity contribution is 5.81. The van der Waals surface area contributed by atoms with Gasteiger partial charge in [0.2, 0.25) is 11.9 Å². The zero-order valence-corrected chi connectivity index (χ0v) is 13.2. The van der Waals surface area contributed by atoms with E-state index >= 15 is 0 Å². The number of rotatable bonds is 4. The Morgan fingerprint density at radius 3 is 2.62 bits per heavy atom. The fourth-order valence-corrected chi connectivity index (χ4v) is 2.60. The number of anilines is 2. The normalized spacial score (nSPS) is 14.1. The molecule has 2 aromatic rings. The highest BCUT2D eigenvalue weighted by Crippen LogP contribution is 2.11. The predicted octanol–water partition coefficient (Wildman–Crippen LogP) is 1.11. The van der Waals surface area contributed by atoms with Gasteiger partial charge in [0.05, 0.1) is 18.2 Å². The van der Waals surface area contributed by atoms with Crippen molar-refractivity contribution in [2.24, 2.45) is 0 Å². The van der Waals surface area contributed by atoms with Gasteiger partial charge in [-0.15, -0.1) is 0 Å². The van der Waals surface area contributed by atoms with Gasteiger partial charge in [0.15, 0.2) is 0 Å². The van der Waals surface area contributed by atoms with Gasteiger partial charge in [-0.3, -0.25) is 4.79 Å². The van der Waals surface area contributed by atoms with Crippen LogP contribution in [0.5, 0.6) is 0 Å². The van der Waals surface area contributed by atoms with Crippen LogP contribution in [0.3, 0.4) is 0 Å². The summed E-state index contributed by atoms with van der Waals surface area (Å²) in [5, 5.41) is 12.0. The number of nitrogens with zero attached hydrogens (tertiary/aromatic N) is 5. The summed E-state index contributed by atoms with van der Waals surface area (Å²) in [6.07, 6.45) is 3.44. The number of amides is 1. The Morgan fingerprint density at radius 2 is 1.92 bits per heavy atom. The predicted molar refractivity (Wildman–Crippen MR) is 90.5 cm³/mol. The summed E-state index contributed by atoms with van der Waals surface area (Å²) in [5.41, 5.74) is 1.35. The number of aromatic nitrogens is 2. The van der Waals surface area contributed by atoms with Gasteiger partial charge in [-0.25, -0.2) is 9.97 Å². The number of nitriles is 1. The van der Waals surface area contributed by atoms with Gasteiger partial charge in [0, 0.05) is 44.3 Å². The molecule has 7 heteroatoms. The fourth-order valence-electron chi connectivity index (χ4n) is 2.60. The highest BCUT2D eigenvalue weighted by Gasteiger charge is 2.22. The number of carbonyl (C=O) groups is 1. The summed E-state index contributed by atoms with van der Waals surface area (Å²) in [4.78, 5) is 24.7. The van der Waals surface area contributed by atoms with Gasteiger partial charge in [-0.05, 0) is 24.3 Å². The lowest BCUT2D eigenvalue weighted by molar-refractivity contribution is -0.129. The van der Waals surface area contributed by atoms with E-state index < -0.39 is 0 Å². The number of hydrogen-bond donors (Lipinski definition) is 1. The number of carbonyl (C=O) groups excluding carboxylic acids is 1. The number of hydrogen-bond acceptors (Lipinski definition) is 6. The minimum atomic E-state index is 0.0472. The quantitative estimate of drug-likeness (QED) is 0.907. The maximum absolute atomic E-state index is 12.3. The van der Waals surface area contributed by atoms with Crippen LogP contribution in [0.1, 0.15) is 5.56 Å². The Bertz CT molecular complexity index is 734. The van der Waals surface area contributed by atoms with E-state index in [1.807, 2.05) is 11.0 Å². The molecule has 0 aliphatic carbocycles. The highest BCUT2D eigenvalue weighted by atomic mass is 16.2. The molecule has 0 spiro atoms. The second-order valence-electron chi connectivity index (χ2n) is 5.46. The molecule has 1 aliphatic heterocycles. The molecule has 2 heterocycles. The van der Waals surface area contributed by atoms with Crippen molar-refractivity contribution in [2.75, 3.05) is 42.9 Å². The van der Waals surface area contributed by atoms with E-state index in [1.54, 1.807) is 36.7 Å². The molecule has 0 saturated carbocycles. The van der Waals surface area contributed by atoms with Crippen LogP contribution in [0.2, 0.25) is 0 Å². The first kappa shape index (κ1) is 15.7. The van der Waals surface area contributed by atoms with E-state index in [9.17, 15) is 4.79 Å². The zero-order chi connectivity index (χ0) is 16.8. The van der Waals surface area contributed by atoms with Crippen LogP contribution in [0, 0.1) is 11.3 Å². The smallest absolute Gasteiger partial charge is 0.241 e. The lowest BCUT2D eigenvalue weighted by Crippen LogP contribution is -2.50. The molecule has 122 valence electrons. The van der Waals surface area contributed by atoms with Crippen molar-refractivity contribution in [2.45, 2.75) is 0 Å². The molecule has 0 unspecified atom stereocenters. The lowest BCUT2D eigenvalue weighted by atomic mass is 10.2. The molecule has 24 heavy (non-hydrogen) atoms. The Morgan fingerprint density at radius 1 is 1.17 bits per heavy atom. The van der Waals surface area contributed by atoms with Crippen LogP contribution in [0.15, 0.2) is 42.7 Å². The van der Waals surface area contributed by atoms with Crippen molar-refractivity contribution >= 4 is 17.5 Å². The number of benzene rings is 1. The van der Waals surface area contributed by atoms with Crippen molar-refractivity contribution in [3.63, 3.8) is 0 Å². The minimum absolute atomic E-state index is 0.0472. The second kappa shape index (κ2) is 7.42. The van der Waals surface area contributed by atoms with Crippen LogP contribution < -0.4 is 10.2 Å². The summed E-state index contributed by atoms with van der Waals surface area (Å²) in [6, 6.07) is 11.0. The van der Waals surface area contributed by atoms with Crippen molar-refractivity contribution in [3.05, 3.63) is 48.3 Å². The lowest BCUT2D eigenvalue weighted by Gasteiger charge is -2.34. The fraction of sp³-hybridized carbons (Fsp3) is 0.294. The van der Waals surface area contributed by atoms with Crippen molar-refractivity contribution in [1.29, 1.82) is 5.26 Å². The molecular formula is C17H18N6O. The first-order valence-electron chi connectivity index (χ1n) is 7.80. The summed E-state index contributed by atoms with van der Waals surface area (Å²) in [6.45, 7) is 2.96. The van der Waals surface area contributed by atoms with Gasteiger partial charge in [0.1, 0.15) is 0 Å². The van der Waals surface area contributed by atoms with Crippen LogP contribution in [-0.4, -0.2) is 53.5 Å². The van der Waals surface area contributed by atoms with Gasteiger partial charge in [0.25, 0.3) is 0 Å². The Kier molecular flexibility index (Phi) is 4.87. The van der Waals surface area contributed by atoms with Crippen LogP contribution in [0.25, 0.3) is 0 Å². The Hall–Kier alpha value is -3.14. The van der Waals surface area contributed by atoms with E-state index in [0.29, 0.717) is 24.6 Å². The van der Waals surface area contributed by atoms with Gasteiger partial charge < -0.3 is 15.1 Å². The molecule has 0 bridgehead atoms. The van der Waals surface area contributed by atoms with Crippen molar-refractivity contribution in [3.8, 4) is 6.07 Å².